The van der Waals surface area contributed by atoms with Crippen LogP contribution < -0.4 is 5.32 Å². The Labute approximate surface area is 114 Å². The van der Waals surface area contributed by atoms with Gasteiger partial charge in [0.05, 0.1) is 24.3 Å². The average molecular weight is 257 g/mol. The normalized spacial score (nSPS) is 27.6. The van der Waals surface area contributed by atoms with Crippen LogP contribution in [0, 0.1) is 18.3 Å². The van der Waals surface area contributed by atoms with Crippen molar-refractivity contribution >= 4 is 0 Å². The van der Waals surface area contributed by atoms with Gasteiger partial charge in [-0.15, -0.1) is 0 Å². The lowest BCUT2D eigenvalue weighted by Gasteiger charge is -2.43. The first-order valence-corrected chi connectivity index (χ1v) is 6.85. The van der Waals surface area contributed by atoms with Crippen molar-refractivity contribution in [1.29, 1.82) is 5.26 Å². The predicted octanol–water partition coefficient (Wildman–Crippen LogP) is 1.21. The average Bonchev–Trinajstić information content (AvgIpc) is 2.47. The van der Waals surface area contributed by atoms with Gasteiger partial charge in [-0.05, 0) is 24.1 Å². The Kier molecular flexibility index (Phi) is 3.52. The van der Waals surface area contributed by atoms with E-state index in [9.17, 15) is 0 Å². The number of rotatable bonds is 1. The van der Waals surface area contributed by atoms with Gasteiger partial charge in [0.15, 0.2) is 0 Å². The number of piperazine rings is 1. The van der Waals surface area contributed by atoms with Crippen molar-refractivity contribution in [3.63, 3.8) is 0 Å². The van der Waals surface area contributed by atoms with Gasteiger partial charge in [0.2, 0.25) is 0 Å². The molecular weight excluding hydrogens is 238 g/mol. The molecule has 0 amide bonds. The maximum Gasteiger partial charge on any atom is 0.0994 e. The Morgan fingerprint density at radius 3 is 3.21 bits per heavy atom. The first-order valence-electron chi connectivity index (χ1n) is 6.85. The molecule has 1 aromatic carbocycles. The molecule has 1 aromatic rings. The van der Waals surface area contributed by atoms with Gasteiger partial charge >= 0.3 is 0 Å². The third-order valence-corrected chi connectivity index (χ3v) is 4.21. The molecular formula is C15H19N3O. The van der Waals surface area contributed by atoms with Crippen LogP contribution in [0.3, 0.4) is 0 Å². The lowest BCUT2D eigenvalue weighted by Crippen LogP contribution is -2.57. The van der Waals surface area contributed by atoms with Crippen LogP contribution in [0.5, 0.6) is 0 Å². The van der Waals surface area contributed by atoms with Crippen molar-refractivity contribution in [2.24, 2.45) is 0 Å². The Morgan fingerprint density at radius 2 is 2.37 bits per heavy atom. The Hall–Kier alpha value is -1.41. The second-order valence-electron chi connectivity index (χ2n) is 5.31. The van der Waals surface area contributed by atoms with E-state index in [0.29, 0.717) is 6.04 Å². The number of benzene rings is 1. The Morgan fingerprint density at radius 1 is 1.47 bits per heavy atom. The monoisotopic (exact) mass is 257 g/mol. The van der Waals surface area contributed by atoms with Crippen LogP contribution in [0.15, 0.2) is 18.2 Å². The van der Waals surface area contributed by atoms with Gasteiger partial charge in [-0.2, -0.15) is 5.26 Å². The van der Waals surface area contributed by atoms with Crippen molar-refractivity contribution < 1.29 is 4.74 Å². The highest BCUT2D eigenvalue weighted by atomic mass is 16.5. The largest absolute Gasteiger partial charge is 0.370 e. The SMILES string of the molecule is Cc1c(C#N)cccc1[C@H]1CN2CCNC[C@@H]2CO1. The summed E-state index contributed by atoms with van der Waals surface area (Å²) in [6, 6.07) is 8.67. The zero-order valence-corrected chi connectivity index (χ0v) is 11.2. The molecule has 100 valence electrons. The molecule has 4 nitrogen and oxygen atoms in total. The van der Waals surface area contributed by atoms with E-state index in [1.54, 1.807) is 0 Å². The standard InChI is InChI=1S/C15H19N3O/c1-11-12(7-16)3-2-4-14(11)15-9-18-6-5-17-8-13(18)10-19-15/h2-4,13,15,17H,5-6,8-10H2,1H3/t13-,15-/m1/s1. The van der Waals surface area contributed by atoms with Crippen molar-refractivity contribution in [1.82, 2.24) is 10.2 Å². The molecule has 0 saturated carbocycles. The van der Waals surface area contributed by atoms with E-state index < -0.39 is 0 Å². The molecule has 2 aliphatic heterocycles. The second kappa shape index (κ2) is 5.30. The van der Waals surface area contributed by atoms with Crippen LogP contribution in [-0.4, -0.2) is 43.7 Å². The minimum Gasteiger partial charge on any atom is -0.370 e. The van der Waals surface area contributed by atoms with Crippen molar-refractivity contribution in [2.75, 3.05) is 32.8 Å². The van der Waals surface area contributed by atoms with Gasteiger partial charge in [-0.25, -0.2) is 0 Å². The highest BCUT2D eigenvalue weighted by Crippen LogP contribution is 2.28. The van der Waals surface area contributed by atoms with E-state index in [1.807, 2.05) is 19.1 Å². The van der Waals surface area contributed by atoms with Crippen LogP contribution in [0.1, 0.15) is 22.8 Å². The van der Waals surface area contributed by atoms with E-state index >= 15 is 0 Å². The molecule has 0 aliphatic carbocycles. The van der Waals surface area contributed by atoms with Gasteiger partial charge in [-0.3, -0.25) is 4.90 Å². The number of ether oxygens (including phenoxy) is 1. The molecule has 1 N–H and O–H groups in total. The number of morpholine rings is 1. The first-order chi connectivity index (χ1) is 9.29. The van der Waals surface area contributed by atoms with Gasteiger partial charge in [-0.1, -0.05) is 12.1 Å². The lowest BCUT2D eigenvalue weighted by atomic mass is 9.97. The molecule has 3 rings (SSSR count). The van der Waals surface area contributed by atoms with Gasteiger partial charge in [0, 0.05) is 32.2 Å². The second-order valence-corrected chi connectivity index (χ2v) is 5.31. The van der Waals surface area contributed by atoms with E-state index in [1.165, 1.54) is 0 Å². The minimum atomic E-state index is 0.0997. The third kappa shape index (κ3) is 2.37. The highest BCUT2D eigenvalue weighted by Gasteiger charge is 2.31. The van der Waals surface area contributed by atoms with Crippen molar-refractivity contribution in [2.45, 2.75) is 19.1 Å². The Balaban J connectivity index is 1.82. The summed E-state index contributed by atoms with van der Waals surface area (Å²) in [5, 5.41) is 12.5. The number of nitrogens with zero attached hydrogens (tertiary/aromatic N) is 2. The molecule has 0 bridgehead atoms. The maximum absolute atomic E-state index is 9.12. The van der Waals surface area contributed by atoms with Gasteiger partial charge in [0.25, 0.3) is 0 Å². The van der Waals surface area contributed by atoms with E-state index in [2.05, 4.69) is 22.4 Å². The summed E-state index contributed by atoms with van der Waals surface area (Å²) in [5.74, 6) is 0. The molecule has 0 unspecified atom stereocenters. The van der Waals surface area contributed by atoms with Crippen LogP contribution in [0.4, 0.5) is 0 Å². The summed E-state index contributed by atoms with van der Waals surface area (Å²) in [7, 11) is 0. The Bertz CT molecular complexity index is 509. The van der Waals surface area contributed by atoms with Crippen molar-refractivity contribution in [3.05, 3.63) is 34.9 Å². The summed E-state index contributed by atoms with van der Waals surface area (Å²) in [6.07, 6.45) is 0.0997. The molecule has 0 aromatic heterocycles. The van der Waals surface area contributed by atoms with Crippen LogP contribution in [-0.2, 0) is 4.74 Å². The molecule has 0 radical (unpaired) electrons. The zero-order chi connectivity index (χ0) is 13.2. The number of nitriles is 1. The first kappa shape index (κ1) is 12.6. The molecule has 2 heterocycles. The number of nitrogens with one attached hydrogen (secondary N) is 1. The summed E-state index contributed by atoms with van der Waals surface area (Å²) >= 11 is 0. The topological polar surface area (TPSA) is 48.3 Å². The highest BCUT2D eigenvalue weighted by molar-refractivity contribution is 5.43. The molecule has 2 aliphatic rings. The summed E-state index contributed by atoms with van der Waals surface area (Å²) in [5.41, 5.74) is 2.98. The molecule has 2 saturated heterocycles. The summed E-state index contributed by atoms with van der Waals surface area (Å²) in [4.78, 5) is 2.50. The fourth-order valence-corrected chi connectivity index (χ4v) is 3.01. The van der Waals surface area contributed by atoms with Gasteiger partial charge in [0.1, 0.15) is 0 Å². The minimum absolute atomic E-state index is 0.0997. The maximum atomic E-state index is 9.12. The number of fused-ring (bicyclic) bond motifs is 1. The van der Waals surface area contributed by atoms with E-state index in [-0.39, 0.29) is 6.10 Å². The van der Waals surface area contributed by atoms with Crippen LogP contribution in [0.2, 0.25) is 0 Å². The molecule has 2 atom stereocenters. The molecule has 19 heavy (non-hydrogen) atoms. The molecule has 0 spiro atoms. The quantitative estimate of drug-likeness (QED) is 0.821. The fraction of sp³-hybridized carbons (Fsp3) is 0.533. The summed E-state index contributed by atoms with van der Waals surface area (Å²) < 4.78 is 6.02. The number of hydrogen-bond donors (Lipinski definition) is 1. The number of hydrogen-bond acceptors (Lipinski definition) is 4. The third-order valence-electron chi connectivity index (χ3n) is 4.21. The van der Waals surface area contributed by atoms with Gasteiger partial charge < -0.3 is 10.1 Å². The predicted molar refractivity (Wildman–Crippen MR) is 72.8 cm³/mol. The fourth-order valence-electron chi connectivity index (χ4n) is 3.01. The van der Waals surface area contributed by atoms with E-state index in [4.69, 9.17) is 10.00 Å². The zero-order valence-electron chi connectivity index (χ0n) is 11.2. The molecule has 4 heteroatoms. The lowest BCUT2D eigenvalue weighted by molar-refractivity contribution is -0.0720. The van der Waals surface area contributed by atoms with Crippen LogP contribution in [0.25, 0.3) is 0 Å². The van der Waals surface area contributed by atoms with Crippen molar-refractivity contribution in [3.8, 4) is 6.07 Å². The van der Waals surface area contributed by atoms with E-state index in [0.717, 1.165) is 49.5 Å². The molecule has 2 fully saturated rings. The van der Waals surface area contributed by atoms with Crippen LogP contribution >= 0.6 is 0 Å². The summed E-state index contributed by atoms with van der Waals surface area (Å²) in [6.45, 7) is 6.88. The smallest absolute Gasteiger partial charge is 0.0994 e.